The van der Waals surface area contributed by atoms with Crippen LogP contribution in [0.25, 0.3) is 11.7 Å². The lowest BCUT2D eigenvalue weighted by molar-refractivity contribution is -0.120. The largest absolute Gasteiger partial charge is 0.459 e. The third kappa shape index (κ3) is 4.90. The predicted octanol–water partition coefficient (Wildman–Crippen LogP) is 3.80. The molecule has 9 nitrogen and oxygen atoms in total. The molecule has 0 bridgehead atoms. The maximum Gasteiger partial charge on any atom is 0.266 e. The van der Waals surface area contributed by atoms with Crippen molar-refractivity contribution in [3.05, 3.63) is 53.9 Å². The van der Waals surface area contributed by atoms with E-state index < -0.39 is 0 Å². The molecule has 0 radical (unpaired) electrons. The Balaban J connectivity index is 1.40. The summed E-state index contributed by atoms with van der Waals surface area (Å²) in [5.41, 5.74) is 1.14. The smallest absolute Gasteiger partial charge is 0.266 e. The van der Waals surface area contributed by atoms with Gasteiger partial charge in [0.25, 0.3) is 11.8 Å². The van der Waals surface area contributed by atoms with Gasteiger partial charge < -0.3 is 24.4 Å². The summed E-state index contributed by atoms with van der Waals surface area (Å²) in [5.74, 6) is 0.550. The molecule has 33 heavy (non-hydrogen) atoms. The van der Waals surface area contributed by atoms with Gasteiger partial charge in [0.15, 0.2) is 5.76 Å². The zero-order valence-corrected chi connectivity index (χ0v) is 18.3. The summed E-state index contributed by atoms with van der Waals surface area (Å²) in [5, 5.41) is 15.2. The van der Waals surface area contributed by atoms with E-state index in [2.05, 4.69) is 21.7 Å². The van der Waals surface area contributed by atoms with E-state index in [-0.39, 0.29) is 29.3 Å². The first kappa shape index (κ1) is 22.1. The van der Waals surface area contributed by atoms with Crippen molar-refractivity contribution in [3.63, 3.8) is 0 Å². The number of nitriles is 1. The number of piperidine rings is 1. The molecular formula is C24H25N5O4. The summed E-state index contributed by atoms with van der Waals surface area (Å²) in [7, 11) is 0. The number of nitrogens with zero attached hydrogens (tertiary/aromatic N) is 3. The Morgan fingerprint density at radius 1 is 1.21 bits per heavy atom. The zero-order chi connectivity index (χ0) is 23.2. The molecule has 4 rings (SSSR count). The molecule has 0 saturated carbocycles. The quantitative estimate of drug-likeness (QED) is 0.564. The number of benzene rings is 1. The standard InChI is InChI=1S/C24H25N5O4/c1-2-11-26-22(31)17-6-3-4-7-18(17)27-21(30)16-9-12-29(13-10-16)24-19(15-25)28-23(33-24)20-8-5-14-32-20/h3-8,14,16H,2,9-13H2,1H3,(H,26,31)(H,27,30). The van der Waals surface area contributed by atoms with Crippen LogP contribution >= 0.6 is 0 Å². The van der Waals surface area contributed by atoms with E-state index in [0.29, 0.717) is 55.4 Å². The molecule has 2 aromatic heterocycles. The van der Waals surface area contributed by atoms with Crippen molar-refractivity contribution in [2.45, 2.75) is 26.2 Å². The molecule has 9 heteroatoms. The number of anilines is 2. The van der Waals surface area contributed by atoms with Crippen LogP contribution in [0.15, 0.2) is 51.5 Å². The predicted molar refractivity (Wildman–Crippen MR) is 122 cm³/mol. The number of para-hydroxylation sites is 1. The molecule has 0 aliphatic carbocycles. The SMILES string of the molecule is CCCNC(=O)c1ccccc1NC(=O)C1CCN(c2oc(-c3ccco3)nc2C#N)CC1. The fourth-order valence-electron chi connectivity index (χ4n) is 3.81. The number of furan rings is 1. The van der Waals surface area contributed by atoms with Gasteiger partial charge in [-0.05, 0) is 43.5 Å². The van der Waals surface area contributed by atoms with E-state index in [1.807, 2.05) is 11.8 Å². The van der Waals surface area contributed by atoms with Gasteiger partial charge in [0.2, 0.25) is 17.5 Å². The Labute approximate surface area is 191 Å². The minimum atomic E-state index is -0.217. The van der Waals surface area contributed by atoms with Gasteiger partial charge in [-0.1, -0.05) is 19.1 Å². The molecule has 2 amide bonds. The first-order valence-electron chi connectivity index (χ1n) is 11.0. The van der Waals surface area contributed by atoms with Crippen molar-refractivity contribution in [1.82, 2.24) is 10.3 Å². The third-order valence-corrected chi connectivity index (χ3v) is 5.57. The topological polar surface area (TPSA) is 124 Å². The molecule has 1 aliphatic rings. The van der Waals surface area contributed by atoms with Crippen molar-refractivity contribution < 1.29 is 18.4 Å². The van der Waals surface area contributed by atoms with Gasteiger partial charge in [0.05, 0.1) is 17.5 Å². The Morgan fingerprint density at radius 2 is 2.00 bits per heavy atom. The molecule has 1 aromatic carbocycles. The zero-order valence-electron chi connectivity index (χ0n) is 18.3. The van der Waals surface area contributed by atoms with Crippen molar-refractivity contribution >= 4 is 23.4 Å². The van der Waals surface area contributed by atoms with Gasteiger partial charge in [-0.2, -0.15) is 10.2 Å². The summed E-state index contributed by atoms with van der Waals surface area (Å²) in [6, 6.07) is 12.5. The van der Waals surface area contributed by atoms with Gasteiger partial charge in [-0.15, -0.1) is 0 Å². The number of oxazole rings is 1. The average Bonchev–Trinajstić information content (AvgIpc) is 3.53. The van der Waals surface area contributed by atoms with Crippen LogP contribution in [0.3, 0.4) is 0 Å². The van der Waals surface area contributed by atoms with Crippen LogP contribution in [-0.2, 0) is 4.79 Å². The van der Waals surface area contributed by atoms with Crippen LogP contribution < -0.4 is 15.5 Å². The van der Waals surface area contributed by atoms with Gasteiger partial charge in [0.1, 0.15) is 6.07 Å². The molecule has 0 spiro atoms. The number of amides is 2. The van der Waals surface area contributed by atoms with Gasteiger partial charge in [-0.3, -0.25) is 9.59 Å². The first-order chi connectivity index (χ1) is 16.1. The maximum atomic E-state index is 12.9. The second-order valence-electron chi connectivity index (χ2n) is 7.81. The number of hydrogen-bond donors (Lipinski definition) is 2. The molecule has 1 saturated heterocycles. The summed E-state index contributed by atoms with van der Waals surface area (Å²) in [6.07, 6.45) is 3.51. The number of carbonyl (C=O) groups is 2. The van der Waals surface area contributed by atoms with Crippen LogP contribution in [0, 0.1) is 17.2 Å². The van der Waals surface area contributed by atoms with E-state index in [4.69, 9.17) is 8.83 Å². The Hall–Kier alpha value is -4.06. The van der Waals surface area contributed by atoms with E-state index in [1.165, 1.54) is 6.26 Å². The van der Waals surface area contributed by atoms with Crippen molar-refractivity contribution in [1.29, 1.82) is 5.26 Å². The summed E-state index contributed by atoms with van der Waals surface area (Å²) in [4.78, 5) is 31.5. The number of rotatable bonds is 7. The molecule has 1 aliphatic heterocycles. The molecule has 2 N–H and O–H groups in total. The summed E-state index contributed by atoms with van der Waals surface area (Å²) < 4.78 is 11.1. The molecule has 0 unspecified atom stereocenters. The highest BCUT2D eigenvalue weighted by atomic mass is 16.4. The molecular weight excluding hydrogens is 422 g/mol. The Kier molecular flexibility index (Phi) is 6.74. The van der Waals surface area contributed by atoms with Crippen molar-refractivity contribution in [2.24, 2.45) is 5.92 Å². The third-order valence-electron chi connectivity index (χ3n) is 5.57. The minimum Gasteiger partial charge on any atom is -0.459 e. The number of hydrogen-bond acceptors (Lipinski definition) is 7. The van der Waals surface area contributed by atoms with E-state index >= 15 is 0 Å². The second kappa shape index (κ2) is 10.0. The Morgan fingerprint density at radius 3 is 2.70 bits per heavy atom. The van der Waals surface area contributed by atoms with Crippen molar-refractivity contribution in [2.75, 3.05) is 29.9 Å². The van der Waals surface area contributed by atoms with Gasteiger partial charge >= 0.3 is 0 Å². The molecule has 3 aromatic rings. The highest BCUT2D eigenvalue weighted by molar-refractivity contribution is 6.04. The normalized spacial score (nSPS) is 14.0. The number of carbonyl (C=O) groups excluding carboxylic acids is 2. The fraction of sp³-hybridized carbons (Fsp3) is 0.333. The summed E-state index contributed by atoms with van der Waals surface area (Å²) in [6.45, 7) is 3.64. The fourth-order valence-corrected chi connectivity index (χ4v) is 3.81. The summed E-state index contributed by atoms with van der Waals surface area (Å²) >= 11 is 0. The Bertz CT molecular complexity index is 1150. The van der Waals surface area contributed by atoms with Crippen LogP contribution in [0.1, 0.15) is 42.2 Å². The number of aromatic nitrogens is 1. The van der Waals surface area contributed by atoms with Gasteiger partial charge in [-0.25, -0.2) is 0 Å². The lowest BCUT2D eigenvalue weighted by Crippen LogP contribution is -2.38. The monoisotopic (exact) mass is 447 g/mol. The van der Waals surface area contributed by atoms with E-state index in [0.717, 1.165) is 6.42 Å². The van der Waals surface area contributed by atoms with E-state index in [9.17, 15) is 14.9 Å². The lowest BCUT2D eigenvalue weighted by atomic mass is 9.95. The molecule has 170 valence electrons. The first-order valence-corrected chi connectivity index (χ1v) is 11.0. The lowest BCUT2D eigenvalue weighted by Gasteiger charge is -2.31. The minimum absolute atomic E-state index is 0.125. The molecule has 0 atom stereocenters. The number of nitrogens with one attached hydrogen (secondary N) is 2. The van der Waals surface area contributed by atoms with Crippen LogP contribution in [-0.4, -0.2) is 36.4 Å². The maximum absolute atomic E-state index is 12.9. The molecule has 1 fully saturated rings. The average molecular weight is 447 g/mol. The second-order valence-corrected chi connectivity index (χ2v) is 7.81. The van der Waals surface area contributed by atoms with Crippen LogP contribution in [0.4, 0.5) is 11.6 Å². The van der Waals surface area contributed by atoms with E-state index in [1.54, 1.807) is 36.4 Å². The van der Waals surface area contributed by atoms with Crippen molar-refractivity contribution in [3.8, 4) is 17.7 Å². The van der Waals surface area contributed by atoms with Crippen LogP contribution in [0.5, 0.6) is 0 Å². The van der Waals surface area contributed by atoms with Crippen LogP contribution in [0.2, 0.25) is 0 Å². The van der Waals surface area contributed by atoms with Gasteiger partial charge in [0, 0.05) is 25.6 Å². The highest BCUT2D eigenvalue weighted by Gasteiger charge is 2.29. The molecule has 3 heterocycles. The highest BCUT2D eigenvalue weighted by Crippen LogP contribution is 2.31.